The third-order valence-corrected chi connectivity index (χ3v) is 3.88. The molecule has 0 aliphatic carbocycles. The first-order chi connectivity index (χ1) is 12.7. The van der Waals surface area contributed by atoms with E-state index in [-0.39, 0.29) is 11.4 Å². The number of esters is 1. The lowest BCUT2D eigenvalue weighted by Crippen LogP contribution is -2.30. The number of benzene rings is 2. The minimum Gasteiger partial charge on any atom is -0.448 e. The molecule has 0 fully saturated rings. The van der Waals surface area contributed by atoms with Crippen molar-refractivity contribution in [1.29, 1.82) is 0 Å². The number of carbonyl (C=O) groups is 2. The number of aromatic amines is 1. The summed E-state index contributed by atoms with van der Waals surface area (Å²) in [4.78, 5) is 27.2. The normalized spacial score (nSPS) is 12.6. The van der Waals surface area contributed by atoms with Gasteiger partial charge >= 0.3 is 12.1 Å². The number of nitrogens with one attached hydrogen (secondary N) is 2. The van der Waals surface area contributed by atoms with Gasteiger partial charge in [-0.05, 0) is 43.3 Å². The molecule has 3 aromatic rings. The van der Waals surface area contributed by atoms with Crippen molar-refractivity contribution >= 4 is 28.5 Å². The molecule has 140 valence electrons. The Kier molecular flexibility index (Phi) is 4.89. The average Bonchev–Trinajstić information content (AvgIpc) is 3.05. The number of fused-ring (bicyclic) bond motifs is 1. The van der Waals surface area contributed by atoms with Crippen LogP contribution in [-0.2, 0) is 15.7 Å². The van der Waals surface area contributed by atoms with Gasteiger partial charge in [-0.25, -0.2) is 4.79 Å². The van der Waals surface area contributed by atoms with Crippen molar-refractivity contribution in [1.82, 2.24) is 4.98 Å². The van der Waals surface area contributed by atoms with E-state index < -0.39 is 29.7 Å². The number of hydrogen-bond donors (Lipinski definition) is 2. The Bertz CT molecular complexity index is 945. The lowest BCUT2D eigenvalue weighted by Gasteiger charge is -2.13. The maximum atomic E-state index is 12.5. The summed E-state index contributed by atoms with van der Waals surface area (Å²) >= 11 is 0. The van der Waals surface area contributed by atoms with E-state index in [9.17, 15) is 22.8 Å². The lowest BCUT2D eigenvalue weighted by molar-refractivity contribution is -0.137. The first kappa shape index (κ1) is 18.5. The fourth-order valence-electron chi connectivity index (χ4n) is 2.45. The topological polar surface area (TPSA) is 71.2 Å². The predicted molar refractivity (Wildman–Crippen MR) is 93.2 cm³/mol. The second-order valence-electron chi connectivity index (χ2n) is 5.88. The maximum Gasteiger partial charge on any atom is 0.416 e. The van der Waals surface area contributed by atoms with Crippen molar-refractivity contribution in [3.8, 4) is 0 Å². The van der Waals surface area contributed by atoms with Crippen molar-refractivity contribution in [2.24, 2.45) is 0 Å². The number of rotatable bonds is 4. The largest absolute Gasteiger partial charge is 0.448 e. The molecule has 1 heterocycles. The van der Waals surface area contributed by atoms with Crippen LogP contribution in [0.25, 0.3) is 10.9 Å². The van der Waals surface area contributed by atoms with E-state index in [1.54, 1.807) is 12.1 Å². The minimum absolute atomic E-state index is 0.168. The zero-order valence-corrected chi connectivity index (χ0v) is 14.1. The number of alkyl halides is 3. The molecule has 2 N–H and O–H groups in total. The summed E-state index contributed by atoms with van der Waals surface area (Å²) in [6, 6.07) is 12.8. The summed E-state index contributed by atoms with van der Waals surface area (Å²) in [5.74, 6) is -1.36. The van der Waals surface area contributed by atoms with Gasteiger partial charge in [0.25, 0.3) is 5.91 Å². The van der Waals surface area contributed by atoms with E-state index in [1.807, 2.05) is 18.2 Å². The summed E-state index contributed by atoms with van der Waals surface area (Å²) < 4.78 is 42.7. The maximum absolute atomic E-state index is 12.5. The summed E-state index contributed by atoms with van der Waals surface area (Å²) in [6.07, 6.45) is -5.59. The molecular weight excluding hydrogens is 361 g/mol. The third kappa shape index (κ3) is 4.28. The molecule has 0 saturated carbocycles. The molecule has 0 aliphatic heterocycles. The van der Waals surface area contributed by atoms with Crippen LogP contribution in [-0.4, -0.2) is 23.0 Å². The number of anilines is 1. The zero-order valence-electron chi connectivity index (χ0n) is 14.1. The quantitative estimate of drug-likeness (QED) is 0.664. The van der Waals surface area contributed by atoms with Crippen LogP contribution in [0.5, 0.6) is 0 Å². The predicted octanol–water partition coefficient (Wildman–Crippen LogP) is 4.37. The molecule has 1 aromatic heterocycles. The van der Waals surface area contributed by atoms with E-state index in [1.165, 1.54) is 6.92 Å². The molecule has 8 heteroatoms. The number of aromatic nitrogens is 1. The fraction of sp³-hybridized carbons (Fsp3) is 0.158. The van der Waals surface area contributed by atoms with Gasteiger partial charge in [0, 0.05) is 16.6 Å². The van der Waals surface area contributed by atoms with Crippen LogP contribution in [0.1, 0.15) is 23.0 Å². The number of halogens is 3. The number of H-pyrrole nitrogens is 1. The average molecular weight is 376 g/mol. The van der Waals surface area contributed by atoms with E-state index in [0.29, 0.717) is 0 Å². The van der Waals surface area contributed by atoms with Gasteiger partial charge < -0.3 is 15.0 Å². The zero-order chi connectivity index (χ0) is 19.6. The van der Waals surface area contributed by atoms with Crippen molar-refractivity contribution in [2.75, 3.05) is 5.32 Å². The molecule has 0 saturated heterocycles. The van der Waals surface area contributed by atoms with E-state index >= 15 is 0 Å². The molecule has 2 aromatic carbocycles. The van der Waals surface area contributed by atoms with E-state index in [0.717, 1.165) is 35.2 Å². The number of amides is 1. The molecule has 0 bridgehead atoms. The van der Waals surface area contributed by atoms with Gasteiger partial charge in [-0.1, -0.05) is 18.2 Å². The summed E-state index contributed by atoms with van der Waals surface area (Å²) in [7, 11) is 0. The highest BCUT2D eigenvalue weighted by Crippen LogP contribution is 2.29. The summed E-state index contributed by atoms with van der Waals surface area (Å²) in [5.41, 5.74) is 0.303. The molecule has 1 atom stereocenters. The van der Waals surface area contributed by atoms with Crippen LogP contribution in [0.15, 0.2) is 54.6 Å². The fourth-order valence-corrected chi connectivity index (χ4v) is 2.45. The molecule has 1 amide bonds. The Hall–Kier alpha value is -3.29. The summed E-state index contributed by atoms with van der Waals surface area (Å²) in [6.45, 7) is 1.37. The molecule has 5 nitrogen and oxygen atoms in total. The molecule has 27 heavy (non-hydrogen) atoms. The minimum atomic E-state index is -4.45. The molecular formula is C19H15F3N2O3. The van der Waals surface area contributed by atoms with Gasteiger partial charge in [0.15, 0.2) is 6.10 Å². The Balaban J connectivity index is 1.62. The second-order valence-corrected chi connectivity index (χ2v) is 5.88. The van der Waals surface area contributed by atoms with Gasteiger partial charge in [0.05, 0.1) is 5.56 Å². The monoisotopic (exact) mass is 376 g/mol. The molecule has 3 rings (SSSR count). The highest BCUT2D eigenvalue weighted by molar-refractivity contribution is 5.98. The van der Waals surface area contributed by atoms with Crippen molar-refractivity contribution in [3.63, 3.8) is 0 Å². The van der Waals surface area contributed by atoms with Crippen LogP contribution in [0.2, 0.25) is 0 Å². The number of ether oxygens (including phenoxy) is 1. The van der Waals surface area contributed by atoms with Crippen molar-refractivity contribution in [3.05, 3.63) is 65.9 Å². The molecule has 0 radical (unpaired) electrons. The van der Waals surface area contributed by atoms with Gasteiger partial charge in [-0.15, -0.1) is 0 Å². The molecule has 0 unspecified atom stereocenters. The standard InChI is InChI=1S/C19H15F3N2O3/c1-11(17(25)23-14-8-6-13(7-9-14)19(20,21)22)27-18(26)16-10-12-4-2-3-5-15(12)24-16/h2-11,24H,1H3,(H,23,25)/t11-/m0/s1. The first-order valence-corrected chi connectivity index (χ1v) is 8.01. The van der Waals surface area contributed by atoms with Crippen LogP contribution in [0, 0.1) is 0 Å². The highest BCUT2D eigenvalue weighted by atomic mass is 19.4. The smallest absolute Gasteiger partial charge is 0.416 e. The highest BCUT2D eigenvalue weighted by Gasteiger charge is 2.30. The van der Waals surface area contributed by atoms with Crippen LogP contribution in [0.4, 0.5) is 18.9 Å². The van der Waals surface area contributed by atoms with Gasteiger partial charge in [-0.2, -0.15) is 13.2 Å². The third-order valence-electron chi connectivity index (χ3n) is 3.88. The summed E-state index contributed by atoms with van der Waals surface area (Å²) in [5, 5.41) is 3.24. The Morgan fingerprint density at radius 1 is 1.07 bits per heavy atom. The van der Waals surface area contributed by atoms with Gasteiger partial charge in [0.2, 0.25) is 0 Å². The Labute approximate surface area is 152 Å². The van der Waals surface area contributed by atoms with Crippen LogP contribution < -0.4 is 5.32 Å². The Morgan fingerprint density at radius 2 is 1.74 bits per heavy atom. The first-order valence-electron chi connectivity index (χ1n) is 8.01. The molecule has 0 aliphatic rings. The lowest BCUT2D eigenvalue weighted by atomic mass is 10.2. The second kappa shape index (κ2) is 7.14. The van der Waals surface area contributed by atoms with Gasteiger partial charge in [0.1, 0.15) is 5.69 Å². The van der Waals surface area contributed by atoms with Crippen LogP contribution >= 0.6 is 0 Å². The van der Waals surface area contributed by atoms with E-state index in [2.05, 4.69) is 10.3 Å². The van der Waals surface area contributed by atoms with Crippen LogP contribution in [0.3, 0.4) is 0 Å². The molecule has 0 spiro atoms. The van der Waals surface area contributed by atoms with E-state index in [4.69, 9.17) is 4.74 Å². The number of hydrogen-bond acceptors (Lipinski definition) is 3. The number of para-hydroxylation sites is 1. The Morgan fingerprint density at radius 3 is 2.37 bits per heavy atom. The van der Waals surface area contributed by atoms with Crippen molar-refractivity contribution < 1.29 is 27.5 Å². The van der Waals surface area contributed by atoms with Crippen molar-refractivity contribution in [2.45, 2.75) is 19.2 Å². The van der Waals surface area contributed by atoms with Gasteiger partial charge in [-0.3, -0.25) is 4.79 Å². The SMILES string of the molecule is C[C@H](OC(=O)c1cc2ccccc2[nH]1)C(=O)Nc1ccc(C(F)(F)F)cc1. The number of carbonyl (C=O) groups excluding carboxylic acids is 2.